The zero-order valence-electron chi connectivity index (χ0n) is 15.4. The largest absolute Gasteiger partial charge is 0.315 e. The van der Waals surface area contributed by atoms with Gasteiger partial charge in [0.15, 0.2) is 0 Å². The molecule has 0 saturated carbocycles. The van der Waals surface area contributed by atoms with Crippen LogP contribution in [-0.4, -0.2) is 53.7 Å². The van der Waals surface area contributed by atoms with Gasteiger partial charge < -0.3 is 10.6 Å². The lowest BCUT2D eigenvalue weighted by Gasteiger charge is -2.27. The van der Waals surface area contributed by atoms with Crippen LogP contribution in [0.4, 0.5) is 0 Å². The second-order valence-corrected chi connectivity index (χ2v) is 7.37. The van der Waals surface area contributed by atoms with Crippen molar-refractivity contribution in [3.63, 3.8) is 0 Å². The van der Waals surface area contributed by atoms with Crippen LogP contribution in [0.15, 0.2) is 30.9 Å². The van der Waals surface area contributed by atoms with E-state index in [-0.39, 0.29) is 24.8 Å². The number of hydrogen-bond donors (Lipinski definition) is 3. The van der Waals surface area contributed by atoms with Crippen LogP contribution in [0.25, 0.3) is 0 Å². The Labute approximate surface area is 162 Å². The molecule has 2 fully saturated rings. The molecule has 0 spiro atoms. The van der Waals surface area contributed by atoms with E-state index in [1.54, 1.807) is 12.1 Å². The SMILES string of the molecule is C=C[C@@H]1CNC[C@@H]1NCc1ccc2c(c1)C(=O)N(C1CCC(=O)NC1=O)C2=O. The van der Waals surface area contributed by atoms with Crippen LogP contribution in [0.1, 0.15) is 39.1 Å². The maximum Gasteiger partial charge on any atom is 0.262 e. The minimum Gasteiger partial charge on any atom is -0.315 e. The molecule has 3 aliphatic heterocycles. The molecule has 146 valence electrons. The quantitative estimate of drug-likeness (QED) is 0.487. The first-order valence-corrected chi connectivity index (χ1v) is 9.40. The summed E-state index contributed by atoms with van der Waals surface area (Å²) in [6, 6.07) is 4.49. The molecule has 3 atom stereocenters. The van der Waals surface area contributed by atoms with Crippen molar-refractivity contribution in [3.05, 3.63) is 47.5 Å². The highest BCUT2D eigenvalue weighted by atomic mass is 16.2. The normalized spacial score (nSPS) is 27.1. The first-order valence-electron chi connectivity index (χ1n) is 9.40. The van der Waals surface area contributed by atoms with Gasteiger partial charge in [-0.25, -0.2) is 0 Å². The average molecular weight is 382 g/mol. The number of hydrogen-bond acceptors (Lipinski definition) is 6. The number of imide groups is 2. The predicted molar refractivity (Wildman–Crippen MR) is 100 cm³/mol. The third-order valence-electron chi connectivity index (χ3n) is 5.64. The number of nitrogens with zero attached hydrogens (tertiary/aromatic N) is 1. The molecule has 0 aromatic heterocycles. The van der Waals surface area contributed by atoms with Gasteiger partial charge in [0.1, 0.15) is 6.04 Å². The first-order chi connectivity index (χ1) is 13.5. The number of benzene rings is 1. The van der Waals surface area contributed by atoms with Gasteiger partial charge in [-0.15, -0.1) is 6.58 Å². The molecule has 4 rings (SSSR count). The summed E-state index contributed by atoms with van der Waals surface area (Å²) in [5, 5.41) is 8.97. The van der Waals surface area contributed by atoms with E-state index in [9.17, 15) is 19.2 Å². The number of amides is 4. The standard InChI is InChI=1S/C20H22N4O4/c1-2-12-9-21-10-15(12)22-8-11-3-4-13-14(7-11)20(28)24(19(13)27)16-5-6-17(25)23-18(16)26/h2-4,7,12,15-16,21-22H,1,5-6,8-10H2,(H,23,25,26)/t12-,15+,16?/m1/s1. The number of fused-ring (bicyclic) bond motifs is 1. The molecule has 3 heterocycles. The molecule has 3 aliphatic rings. The van der Waals surface area contributed by atoms with Gasteiger partial charge in [-0.2, -0.15) is 0 Å². The molecule has 4 amide bonds. The Balaban J connectivity index is 1.50. The van der Waals surface area contributed by atoms with Crippen molar-refractivity contribution < 1.29 is 19.2 Å². The average Bonchev–Trinajstić information content (AvgIpc) is 3.23. The maximum atomic E-state index is 12.8. The zero-order chi connectivity index (χ0) is 19.8. The van der Waals surface area contributed by atoms with Gasteiger partial charge >= 0.3 is 0 Å². The second kappa shape index (κ2) is 7.29. The Morgan fingerprint density at radius 2 is 1.93 bits per heavy atom. The Morgan fingerprint density at radius 1 is 1.14 bits per heavy atom. The highest BCUT2D eigenvalue weighted by Crippen LogP contribution is 2.28. The van der Waals surface area contributed by atoms with Crippen molar-refractivity contribution in [2.24, 2.45) is 5.92 Å². The predicted octanol–water partition coefficient (Wildman–Crippen LogP) is -0.0486. The van der Waals surface area contributed by atoms with Crippen LogP contribution in [0.3, 0.4) is 0 Å². The molecule has 0 radical (unpaired) electrons. The molecule has 0 bridgehead atoms. The molecule has 2 saturated heterocycles. The molecule has 1 aromatic carbocycles. The highest BCUT2D eigenvalue weighted by molar-refractivity contribution is 6.23. The van der Waals surface area contributed by atoms with E-state index in [1.165, 1.54) is 0 Å². The van der Waals surface area contributed by atoms with Crippen molar-refractivity contribution in [2.75, 3.05) is 13.1 Å². The Kier molecular flexibility index (Phi) is 4.82. The molecule has 8 heteroatoms. The van der Waals surface area contributed by atoms with Crippen molar-refractivity contribution in [1.29, 1.82) is 0 Å². The van der Waals surface area contributed by atoms with E-state index in [0.717, 1.165) is 23.6 Å². The summed E-state index contributed by atoms with van der Waals surface area (Å²) in [7, 11) is 0. The molecule has 0 aliphatic carbocycles. The fourth-order valence-corrected chi connectivity index (χ4v) is 4.05. The number of piperidine rings is 1. The molecule has 1 unspecified atom stereocenters. The van der Waals surface area contributed by atoms with Gasteiger partial charge in [-0.05, 0) is 24.1 Å². The zero-order valence-corrected chi connectivity index (χ0v) is 15.4. The van der Waals surface area contributed by atoms with E-state index in [1.807, 2.05) is 12.1 Å². The van der Waals surface area contributed by atoms with Gasteiger partial charge in [0.25, 0.3) is 11.8 Å². The molecule has 8 nitrogen and oxygen atoms in total. The van der Waals surface area contributed by atoms with Gasteiger partial charge in [0.05, 0.1) is 11.1 Å². The van der Waals surface area contributed by atoms with Crippen molar-refractivity contribution in [3.8, 4) is 0 Å². The van der Waals surface area contributed by atoms with Crippen LogP contribution in [0.5, 0.6) is 0 Å². The van der Waals surface area contributed by atoms with Gasteiger partial charge in [-0.1, -0.05) is 12.1 Å². The smallest absolute Gasteiger partial charge is 0.262 e. The van der Waals surface area contributed by atoms with Gasteiger partial charge in [-0.3, -0.25) is 29.4 Å². The number of carbonyl (C=O) groups is 4. The molecular weight excluding hydrogens is 360 g/mol. The number of rotatable bonds is 5. The lowest BCUT2D eigenvalue weighted by Crippen LogP contribution is -2.54. The minimum absolute atomic E-state index is 0.110. The van der Waals surface area contributed by atoms with Gasteiger partial charge in [0.2, 0.25) is 11.8 Å². The van der Waals surface area contributed by atoms with Crippen LogP contribution in [0, 0.1) is 5.92 Å². The third kappa shape index (κ3) is 3.14. The fraction of sp³-hybridized carbons (Fsp3) is 0.400. The topological polar surface area (TPSA) is 108 Å². The summed E-state index contributed by atoms with van der Waals surface area (Å²) >= 11 is 0. The lowest BCUT2D eigenvalue weighted by molar-refractivity contribution is -0.136. The Morgan fingerprint density at radius 3 is 2.68 bits per heavy atom. The summed E-state index contributed by atoms with van der Waals surface area (Å²) < 4.78 is 0. The monoisotopic (exact) mass is 382 g/mol. The van der Waals surface area contributed by atoms with Crippen molar-refractivity contribution >= 4 is 23.6 Å². The summed E-state index contributed by atoms with van der Waals surface area (Å²) in [6.45, 7) is 6.15. The van der Waals surface area contributed by atoms with Crippen LogP contribution in [0.2, 0.25) is 0 Å². The van der Waals surface area contributed by atoms with Crippen LogP contribution in [-0.2, 0) is 16.1 Å². The van der Waals surface area contributed by atoms with E-state index in [0.29, 0.717) is 23.6 Å². The number of carbonyl (C=O) groups excluding carboxylic acids is 4. The second-order valence-electron chi connectivity index (χ2n) is 7.37. The summed E-state index contributed by atoms with van der Waals surface area (Å²) in [5.41, 5.74) is 1.49. The van der Waals surface area contributed by atoms with Crippen molar-refractivity contribution in [1.82, 2.24) is 20.9 Å². The molecule has 28 heavy (non-hydrogen) atoms. The summed E-state index contributed by atoms with van der Waals surface area (Å²) in [6.07, 6.45) is 2.20. The molecule has 3 N–H and O–H groups in total. The Hall–Kier alpha value is -2.84. The highest BCUT2D eigenvalue weighted by Gasteiger charge is 2.44. The summed E-state index contributed by atoms with van der Waals surface area (Å²) in [5.74, 6) is -1.61. The first kappa shape index (κ1) is 18.5. The Bertz CT molecular complexity index is 881. The molecule has 1 aromatic rings. The van der Waals surface area contributed by atoms with Gasteiger partial charge in [0, 0.05) is 38.0 Å². The van der Waals surface area contributed by atoms with Crippen LogP contribution >= 0.6 is 0 Å². The van der Waals surface area contributed by atoms with Crippen LogP contribution < -0.4 is 16.0 Å². The van der Waals surface area contributed by atoms with E-state index in [4.69, 9.17) is 0 Å². The summed E-state index contributed by atoms with van der Waals surface area (Å²) in [4.78, 5) is 50.0. The lowest BCUT2D eigenvalue weighted by atomic mass is 10.0. The van der Waals surface area contributed by atoms with E-state index >= 15 is 0 Å². The minimum atomic E-state index is -0.940. The molecular formula is C20H22N4O4. The third-order valence-corrected chi connectivity index (χ3v) is 5.64. The van der Waals surface area contributed by atoms with Crippen molar-refractivity contribution in [2.45, 2.75) is 31.5 Å². The van der Waals surface area contributed by atoms with E-state index in [2.05, 4.69) is 22.5 Å². The number of nitrogens with one attached hydrogen (secondary N) is 3. The van der Waals surface area contributed by atoms with E-state index < -0.39 is 23.8 Å². The fourth-order valence-electron chi connectivity index (χ4n) is 4.05. The maximum absolute atomic E-state index is 12.8.